The highest BCUT2D eigenvalue weighted by Crippen LogP contribution is 2.67. The van der Waals surface area contributed by atoms with E-state index in [4.69, 9.17) is 0 Å². The molecule has 29 heavy (non-hydrogen) atoms. The Labute approximate surface area is 181 Å². The Morgan fingerprint density at radius 2 is 1.59 bits per heavy atom. The van der Waals surface area contributed by atoms with Gasteiger partial charge in [0.1, 0.15) is 0 Å². The molecule has 4 rings (SSSR count). The fourth-order valence-electron chi connectivity index (χ4n) is 8.62. The zero-order valence-corrected chi connectivity index (χ0v) is 20.1. The summed E-state index contributed by atoms with van der Waals surface area (Å²) in [4.78, 5) is 0. The Bertz CT molecular complexity index is 519. The molecule has 2 heteroatoms. The van der Waals surface area contributed by atoms with Crippen LogP contribution in [0.2, 0.25) is 0 Å². The monoisotopic (exact) mass is 406 g/mol. The average Bonchev–Trinajstić information content (AvgIpc) is 3.06. The molecule has 2 nitrogen and oxygen atoms in total. The first kappa shape index (κ1) is 23.6. The minimum atomic E-state index is -0.0809. The van der Waals surface area contributed by atoms with Crippen molar-refractivity contribution in [2.24, 2.45) is 40.4 Å². The van der Waals surface area contributed by atoms with Crippen LogP contribution < -0.4 is 0 Å². The van der Waals surface area contributed by atoms with Crippen LogP contribution in [0.1, 0.15) is 118 Å². The van der Waals surface area contributed by atoms with Gasteiger partial charge in [-0.1, -0.05) is 41.0 Å². The number of fused-ring (bicyclic) bond motifs is 5. The van der Waals surface area contributed by atoms with Crippen LogP contribution in [-0.4, -0.2) is 22.4 Å². The first-order chi connectivity index (χ1) is 13.9. The Hall–Kier alpha value is -0.0800. The molecule has 0 aromatic rings. The maximum atomic E-state index is 10.2. The van der Waals surface area contributed by atoms with E-state index >= 15 is 0 Å². The Morgan fingerprint density at radius 1 is 0.897 bits per heavy atom. The summed E-state index contributed by atoms with van der Waals surface area (Å²) in [5.41, 5.74) is 1.07. The molecule has 9 atom stereocenters. The summed E-state index contributed by atoms with van der Waals surface area (Å²) in [5, 5.41) is 20.1. The molecule has 0 bridgehead atoms. The fourth-order valence-corrected chi connectivity index (χ4v) is 8.62. The van der Waals surface area contributed by atoms with Gasteiger partial charge in [-0.25, -0.2) is 0 Å². The van der Waals surface area contributed by atoms with E-state index in [1.807, 2.05) is 13.8 Å². The van der Waals surface area contributed by atoms with Gasteiger partial charge >= 0.3 is 0 Å². The van der Waals surface area contributed by atoms with Crippen molar-refractivity contribution in [3.05, 3.63) is 0 Å². The van der Waals surface area contributed by atoms with E-state index < -0.39 is 0 Å². The highest BCUT2D eigenvalue weighted by atomic mass is 16.3. The van der Waals surface area contributed by atoms with Gasteiger partial charge < -0.3 is 10.2 Å². The summed E-state index contributed by atoms with van der Waals surface area (Å²) < 4.78 is 0. The fraction of sp³-hybridized carbons (Fsp3) is 1.00. The van der Waals surface area contributed by atoms with E-state index in [9.17, 15) is 10.2 Å². The van der Waals surface area contributed by atoms with E-state index in [0.29, 0.717) is 10.8 Å². The standard InChI is InChI=1S/C25H44O2.C2H6/c1-4-19(26)7-5-6-17-9-11-22-21-10-8-18-16-20(27)12-14-25(18,3)23(21)13-15-24(17,22)2;1-2/h17-23,26-27H,4-16H2,1-3H3;1-2H3/t17?,18?,19?,20?,21-,22?,23?,24+,25?;/m0./s1. The van der Waals surface area contributed by atoms with E-state index in [-0.39, 0.29) is 12.2 Å². The molecule has 4 aliphatic rings. The second kappa shape index (κ2) is 9.60. The summed E-state index contributed by atoms with van der Waals surface area (Å²) in [6, 6.07) is 0. The van der Waals surface area contributed by atoms with Crippen molar-refractivity contribution in [3.8, 4) is 0 Å². The first-order valence-corrected chi connectivity index (χ1v) is 13.2. The SMILES string of the molecule is CC.CCC(O)CCCC1CCC2[C@@H]3CCC4CC(O)CCC4(C)C3CC[C@]12C. The molecule has 4 fully saturated rings. The van der Waals surface area contributed by atoms with Gasteiger partial charge in [0.15, 0.2) is 0 Å². The zero-order valence-electron chi connectivity index (χ0n) is 20.1. The van der Waals surface area contributed by atoms with Crippen molar-refractivity contribution >= 4 is 0 Å². The molecular weight excluding hydrogens is 356 g/mol. The van der Waals surface area contributed by atoms with Crippen LogP contribution in [-0.2, 0) is 0 Å². The normalized spacial score (nSPS) is 47.3. The molecular formula is C27H50O2. The second-order valence-electron chi connectivity index (χ2n) is 11.4. The second-order valence-corrected chi connectivity index (χ2v) is 11.4. The predicted molar refractivity (Wildman–Crippen MR) is 123 cm³/mol. The lowest BCUT2D eigenvalue weighted by Gasteiger charge is -2.61. The molecule has 0 saturated heterocycles. The Kier molecular flexibility index (Phi) is 7.80. The molecule has 2 N–H and O–H groups in total. The van der Waals surface area contributed by atoms with E-state index in [1.54, 1.807) is 0 Å². The highest BCUT2D eigenvalue weighted by Gasteiger charge is 2.59. The van der Waals surface area contributed by atoms with E-state index in [0.717, 1.165) is 55.3 Å². The topological polar surface area (TPSA) is 40.5 Å². The third-order valence-electron chi connectivity index (χ3n) is 10.4. The molecule has 4 saturated carbocycles. The third-order valence-corrected chi connectivity index (χ3v) is 10.4. The molecule has 7 unspecified atom stereocenters. The Morgan fingerprint density at radius 3 is 2.31 bits per heavy atom. The Balaban J connectivity index is 0.00000117. The van der Waals surface area contributed by atoms with Crippen LogP contribution in [0.25, 0.3) is 0 Å². The van der Waals surface area contributed by atoms with Gasteiger partial charge in [0.05, 0.1) is 12.2 Å². The van der Waals surface area contributed by atoms with Gasteiger partial charge in [-0.3, -0.25) is 0 Å². The summed E-state index contributed by atoms with van der Waals surface area (Å²) in [5.74, 6) is 4.49. The van der Waals surface area contributed by atoms with Crippen molar-refractivity contribution in [1.29, 1.82) is 0 Å². The lowest BCUT2D eigenvalue weighted by atomic mass is 9.44. The molecule has 0 aliphatic heterocycles. The minimum absolute atomic E-state index is 0.0252. The van der Waals surface area contributed by atoms with Gasteiger partial charge in [0, 0.05) is 0 Å². The van der Waals surface area contributed by atoms with Crippen LogP contribution in [0.15, 0.2) is 0 Å². The third kappa shape index (κ3) is 4.32. The van der Waals surface area contributed by atoms with Crippen LogP contribution >= 0.6 is 0 Å². The van der Waals surface area contributed by atoms with Crippen LogP contribution in [0.4, 0.5) is 0 Å². The maximum absolute atomic E-state index is 10.2. The number of hydrogen-bond donors (Lipinski definition) is 2. The summed E-state index contributed by atoms with van der Waals surface area (Å²) in [7, 11) is 0. The van der Waals surface area contributed by atoms with Gasteiger partial charge in [-0.2, -0.15) is 0 Å². The number of hydrogen-bond acceptors (Lipinski definition) is 2. The van der Waals surface area contributed by atoms with Gasteiger partial charge in [-0.15, -0.1) is 0 Å². The van der Waals surface area contributed by atoms with Crippen LogP contribution in [0.5, 0.6) is 0 Å². The number of rotatable bonds is 5. The van der Waals surface area contributed by atoms with Crippen molar-refractivity contribution in [2.45, 2.75) is 130 Å². The molecule has 4 aliphatic carbocycles. The van der Waals surface area contributed by atoms with Crippen molar-refractivity contribution in [2.75, 3.05) is 0 Å². The predicted octanol–water partition coefficient (Wildman–Crippen LogP) is 6.97. The van der Waals surface area contributed by atoms with Crippen molar-refractivity contribution < 1.29 is 10.2 Å². The number of aliphatic hydroxyl groups is 2. The van der Waals surface area contributed by atoms with Crippen molar-refractivity contribution in [3.63, 3.8) is 0 Å². The maximum Gasteiger partial charge on any atom is 0.0543 e. The molecule has 0 amide bonds. The van der Waals surface area contributed by atoms with E-state index in [1.165, 1.54) is 57.8 Å². The van der Waals surface area contributed by atoms with Crippen LogP contribution in [0.3, 0.4) is 0 Å². The van der Waals surface area contributed by atoms with E-state index in [2.05, 4.69) is 20.8 Å². The van der Waals surface area contributed by atoms with Crippen molar-refractivity contribution in [1.82, 2.24) is 0 Å². The minimum Gasteiger partial charge on any atom is -0.393 e. The molecule has 0 heterocycles. The summed E-state index contributed by atoms with van der Waals surface area (Å²) >= 11 is 0. The molecule has 0 spiro atoms. The average molecular weight is 407 g/mol. The molecule has 0 radical (unpaired) electrons. The highest BCUT2D eigenvalue weighted by molar-refractivity contribution is 5.09. The van der Waals surface area contributed by atoms with Gasteiger partial charge in [-0.05, 0) is 117 Å². The summed E-state index contributed by atoms with van der Waals surface area (Å²) in [6.45, 7) is 11.3. The number of aliphatic hydroxyl groups excluding tert-OH is 2. The zero-order chi connectivity index (χ0) is 21.2. The lowest BCUT2D eigenvalue weighted by Crippen LogP contribution is -2.53. The lowest BCUT2D eigenvalue weighted by molar-refractivity contribution is -0.127. The smallest absolute Gasteiger partial charge is 0.0543 e. The van der Waals surface area contributed by atoms with Gasteiger partial charge in [0.2, 0.25) is 0 Å². The first-order valence-electron chi connectivity index (χ1n) is 13.2. The quantitative estimate of drug-likeness (QED) is 0.517. The summed E-state index contributed by atoms with van der Waals surface area (Å²) in [6.07, 6.45) is 16.3. The van der Waals surface area contributed by atoms with Crippen LogP contribution in [0, 0.1) is 40.4 Å². The van der Waals surface area contributed by atoms with Gasteiger partial charge in [0.25, 0.3) is 0 Å². The molecule has 170 valence electrons. The molecule has 0 aromatic carbocycles. The molecule has 0 aromatic heterocycles. The largest absolute Gasteiger partial charge is 0.393 e.